The van der Waals surface area contributed by atoms with E-state index in [1.807, 2.05) is 12.1 Å². The zero-order valence-corrected chi connectivity index (χ0v) is 8.82. The Hall–Kier alpha value is -1.46. The normalized spacial score (nSPS) is 11.9. The van der Waals surface area contributed by atoms with E-state index in [2.05, 4.69) is 4.98 Å². The number of hydrogen-bond donors (Lipinski definition) is 1. The third-order valence-electron chi connectivity index (χ3n) is 2.11. The molecule has 1 N–H and O–H groups in total. The first-order chi connectivity index (χ1) is 6.98. The summed E-state index contributed by atoms with van der Waals surface area (Å²) in [5.74, 6) is 0. The lowest BCUT2D eigenvalue weighted by Crippen LogP contribution is -2.04. The molecule has 0 aliphatic rings. The van der Waals surface area contributed by atoms with Gasteiger partial charge < -0.3 is 0 Å². The lowest BCUT2D eigenvalue weighted by molar-refractivity contribution is 0.479. The summed E-state index contributed by atoms with van der Waals surface area (Å²) in [5.41, 5.74) is 0.993. The van der Waals surface area contributed by atoms with Gasteiger partial charge in [0, 0.05) is 5.39 Å². The molecule has 0 fully saturated rings. The van der Waals surface area contributed by atoms with Gasteiger partial charge in [-0.25, -0.2) is 4.98 Å². The fourth-order valence-corrected chi connectivity index (χ4v) is 2.14. The Morgan fingerprint density at radius 1 is 1.27 bits per heavy atom. The average Bonchev–Trinajstić information content (AvgIpc) is 2.15. The zero-order valence-electron chi connectivity index (χ0n) is 8.01. The summed E-state index contributed by atoms with van der Waals surface area (Å²) in [6.45, 7) is 1.60. The van der Waals surface area contributed by atoms with Gasteiger partial charge in [-0.3, -0.25) is 4.55 Å². The summed E-state index contributed by atoms with van der Waals surface area (Å²) in [7, 11) is -4.24. The number of nitrogens with zero attached hydrogens (tertiary/aromatic N) is 1. The second-order valence-electron chi connectivity index (χ2n) is 3.28. The molecule has 2 aromatic rings. The van der Waals surface area contributed by atoms with Gasteiger partial charge in [0.25, 0.3) is 0 Å². The highest BCUT2D eigenvalue weighted by atomic mass is 32.2. The topological polar surface area (TPSA) is 67.3 Å². The third-order valence-corrected chi connectivity index (χ3v) is 3.01. The van der Waals surface area contributed by atoms with E-state index in [-0.39, 0.29) is 5.03 Å². The number of benzene rings is 1. The fraction of sp³-hybridized carbons (Fsp3) is 0.100. The van der Waals surface area contributed by atoms with Crippen LogP contribution >= 0.6 is 0 Å². The van der Waals surface area contributed by atoms with Gasteiger partial charge in [0.1, 0.15) is 0 Å². The number of hydrogen-bond acceptors (Lipinski definition) is 3. The molecule has 0 aliphatic heterocycles. The molecule has 5 heteroatoms. The van der Waals surface area contributed by atoms with E-state index in [4.69, 9.17) is 4.55 Å². The van der Waals surface area contributed by atoms with E-state index in [0.717, 1.165) is 5.39 Å². The maximum absolute atomic E-state index is 11.0. The molecule has 1 aromatic carbocycles. The van der Waals surface area contributed by atoms with Crippen LogP contribution < -0.4 is 0 Å². The standard InChI is InChI=1S/C10H9NO3S/c1-7-6-8-4-2-3-5-9(8)11-10(7)15(12,13)14/h2-6H,1H3,(H,12,13,14). The average molecular weight is 223 g/mol. The second kappa shape index (κ2) is 3.29. The maximum Gasteiger partial charge on any atom is 0.312 e. The molecule has 0 saturated heterocycles. The van der Waals surface area contributed by atoms with Gasteiger partial charge >= 0.3 is 10.1 Å². The molecule has 0 atom stereocenters. The quantitative estimate of drug-likeness (QED) is 0.748. The summed E-state index contributed by atoms with van der Waals surface area (Å²) in [4.78, 5) is 3.91. The van der Waals surface area contributed by atoms with Crippen molar-refractivity contribution >= 4 is 21.0 Å². The second-order valence-corrected chi connectivity index (χ2v) is 4.62. The highest BCUT2D eigenvalue weighted by Crippen LogP contribution is 2.18. The van der Waals surface area contributed by atoms with Crippen molar-refractivity contribution in [2.75, 3.05) is 0 Å². The molecule has 0 amide bonds. The van der Waals surface area contributed by atoms with Gasteiger partial charge in [0.05, 0.1) is 5.52 Å². The number of rotatable bonds is 1. The van der Waals surface area contributed by atoms with E-state index in [0.29, 0.717) is 11.1 Å². The minimum absolute atomic E-state index is 0.277. The van der Waals surface area contributed by atoms with Gasteiger partial charge in [0.15, 0.2) is 5.03 Å². The first-order valence-corrected chi connectivity index (χ1v) is 5.76. The summed E-state index contributed by atoms with van der Waals surface area (Å²) in [6, 6.07) is 8.83. The van der Waals surface area contributed by atoms with Crippen LogP contribution in [0.25, 0.3) is 10.9 Å². The summed E-state index contributed by atoms with van der Waals surface area (Å²) >= 11 is 0. The monoisotopic (exact) mass is 223 g/mol. The van der Waals surface area contributed by atoms with E-state index < -0.39 is 10.1 Å². The third kappa shape index (κ3) is 1.84. The van der Waals surface area contributed by atoms with Gasteiger partial charge in [-0.15, -0.1) is 0 Å². The fourth-order valence-electron chi connectivity index (χ4n) is 1.47. The van der Waals surface area contributed by atoms with Crippen molar-refractivity contribution < 1.29 is 13.0 Å². The molecule has 0 saturated carbocycles. The Balaban J connectivity index is 2.84. The summed E-state index contributed by atoms with van der Waals surface area (Å²) in [6.07, 6.45) is 0. The van der Waals surface area contributed by atoms with Crippen LogP contribution in [0.4, 0.5) is 0 Å². The van der Waals surface area contributed by atoms with Gasteiger partial charge in [-0.1, -0.05) is 18.2 Å². The number of pyridine rings is 1. The highest BCUT2D eigenvalue weighted by Gasteiger charge is 2.15. The van der Waals surface area contributed by atoms with Crippen molar-refractivity contribution in [2.45, 2.75) is 11.9 Å². The van der Waals surface area contributed by atoms with Crippen LogP contribution in [0.5, 0.6) is 0 Å². The molecule has 0 bridgehead atoms. The van der Waals surface area contributed by atoms with Crippen LogP contribution in [-0.2, 0) is 10.1 Å². The molecule has 0 aliphatic carbocycles. The van der Waals surface area contributed by atoms with Crippen molar-refractivity contribution in [1.29, 1.82) is 0 Å². The Morgan fingerprint density at radius 2 is 1.93 bits per heavy atom. The predicted octanol–water partition coefficient (Wildman–Crippen LogP) is 1.79. The molecule has 1 aromatic heterocycles. The molecular formula is C10H9NO3S. The number of para-hydroxylation sites is 1. The number of aryl methyl sites for hydroxylation is 1. The molecule has 0 spiro atoms. The summed E-state index contributed by atoms with van der Waals surface area (Å²) < 4.78 is 30.9. The van der Waals surface area contributed by atoms with E-state index >= 15 is 0 Å². The van der Waals surface area contributed by atoms with Crippen LogP contribution in [0, 0.1) is 6.92 Å². The van der Waals surface area contributed by atoms with Crippen LogP contribution in [0.15, 0.2) is 35.4 Å². The van der Waals surface area contributed by atoms with Crippen molar-refractivity contribution in [3.05, 3.63) is 35.9 Å². The Labute approximate surface area is 87.3 Å². The van der Waals surface area contributed by atoms with E-state index in [9.17, 15) is 8.42 Å². The molecule has 2 rings (SSSR count). The van der Waals surface area contributed by atoms with Gasteiger partial charge in [-0.05, 0) is 24.6 Å². The Bertz CT molecular complexity index is 620. The first-order valence-electron chi connectivity index (χ1n) is 4.32. The summed E-state index contributed by atoms with van der Waals surface area (Å²) in [5, 5.41) is 0.573. The van der Waals surface area contributed by atoms with Crippen LogP contribution in [0.1, 0.15) is 5.56 Å². The highest BCUT2D eigenvalue weighted by molar-refractivity contribution is 7.85. The molecule has 0 radical (unpaired) electrons. The van der Waals surface area contributed by atoms with Gasteiger partial charge in [-0.2, -0.15) is 8.42 Å². The van der Waals surface area contributed by atoms with Crippen LogP contribution in [-0.4, -0.2) is 18.0 Å². The zero-order chi connectivity index (χ0) is 11.1. The Morgan fingerprint density at radius 3 is 2.60 bits per heavy atom. The molecule has 4 nitrogen and oxygen atoms in total. The van der Waals surface area contributed by atoms with Crippen molar-refractivity contribution in [1.82, 2.24) is 4.98 Å². The molecule has 0 unspecified atom stereocenters. The minimum Gasteiger partial charge on any atom is -0.281 e. The number of aromatic nitrogens is 1. The van der Waals surface area contributed by atoms with E-state index in [1.165, 1.54) is 0 Å². The van der Waals surface area contributed by atoms with Gasteiger partial charge in [0.2, 0.25) is 0 Å². The van der Waals surface area contributed by atoms with Crippen molar-refractivity contribution in [3.8, 4) is 0 Å². The SMILES string of the molecule is Cc1cc2ccccc2nc1S(=O)(=O)O. The predicted molar refractivity (Wildman–Crippen MR) is 56.3 cm³/mol. The number of fused-ring (bicyclic) bond motifs is 1. The minimum atomic E-state index is -4.24. The first kappa shape index (κ1) is 10.1. The largest absolute Gasteiger partial charge is 0.312 e. The lowest BCUT2D eigenvalue weighted by atomic mass is 10.2. The Kier molecular flexibility index (Phi) is 2.21. The maximum atomic E-state index is 11.0. The smallest absolute Gasteiger partial charge is 0.281 e. The molecular weight excluding hydrogens is 214 g/mol. The van der Waals surface area contributed by atoms with Crippen LogP contribution in [0.2, 0.25) is 0 Å². The van der Waals surface area contributed by atoms with Crippen molar-refractivity contribution in [2.24, 2.45) is 0 Å². The van der Waals surface area contributed by atoms with Crippen molar-refractivity contribution in [3.63, 3.8) is 0 Å². The lowest BCUT2D eigenvalue weighted by Gasteiger charge is -2.03. The molecule has 1 heterocycles. The molecule has 78 valence electrons. The van der Waals surface area contributed by atoms with E-state index in [1.54, 1.807) is 25.1 Å². The molecule has 15 heavy (non-hydrogen) atoms. The van der Waals surface area contributed by atoms with Crippen LogP contribution in [0.3, 0.4) is 0 Å².